The molecule has 0 fully saturated rings. The van der Waals surface area contributed by atoms with E-state index in [1.165, 1.54) is 18.2 Å². The van der Waals surface area contributed by atoms with Crippen molar-refractivity contribution in [2.45, 2.75) is 38.8 Å². The molecule has 0 bridgehead atoms. The van der Waals surface area contributed by atoms with E-state index in [1.54, 1.807) is 13.2 Å². The summed E-state index contributed by atoms with van der Waals surface area (Å²) in [5.74, 6) is -0.957. The fourth-order valence-corrected chi connectivity index (χ4v) is 4.40. The molecule has 222 valence electrons. The van der Waals surface area contributed by atoms with Crippen LogP contribution in [0.1, 0.15) is 43.7 Å². The molecule has 0 radical (unpaired) electrons. The zero-order valence-corrected chi connectivity index (χ0v) is 23.7. The second-order valence-electron chi connectivity index (χ2n) is 8.44. The van der Waals surface area contributed by atoms with Crippen LogP contribution in [-0.4, -0.2) is 58.6 Å². The molecule has 1 aromatic heterocycles. The molecule has 2 rings (SSSR count). The summed E-state index contributed by atoms with van der Waals surface area (Å²) >= 11 is 5.99. The molecule has 1 aromatic carbocycles. The van der Waals surface area contributed by atoms with Gasteiger partial charge in [0.15, 0.2) is 0 Å². The Hall–Kier alpha value is -2.87. The Morgan fingerprint density at radius 3 is 2.55 bits per heavy atom. The first-order chi connectivity index (χ1) is 18.9. The van der Waals surface area contributed by atoms with E-state index in [2.05, 4.69) is 4.98 Å². The Balaban J connectivity index is 2.21. The predicted octanol–water partition coefficient (Wildman–Crippen LogP) is 5.63. The Bertz CT molecular complexity index is 1240. The maximum atomic E-state index is 13.0. The summed E-state index contributed by atoms with van der Waals surface area (Å²) in [5.41, 5.74) is -0.766. The fourth-order valence-electron chi connectivity index (χ4n) is 3.13. The monoisotopic (exact) mass is 608 g/mol. The minimum Gasteiger partial charge on any atom is -0.493 e. The minimum absolute atomic E-state index is 0.0536. The quantitative estimate of drug-likeness (QED) is 0.182. The van der Waals surface area contributed by atoms with Gasteiger partial charge in [-0.15, -0.1) is 0 Å². The molecule has 0 aliphatic rings. The molecule has 0 aliphatic carbocycles. The Morgan fingerprint density at radius 2 is 1.88 bits per heavy atom. The van der Waals surface area contributed by atoms with E-state index in [4.69, 9.17) is 30.5 Å². The number of unbranched alkanes of at least 4 members (excludes halogenated alkanes) is 2. The summed E-state index contributed by atoms with van der Waals surface area (Å²) in [4.78, 5) is 15.9. The van der Waals surface area contributed by atoms with Crippen LogP contribution < -0.4 is 14.2 Å². The van der Waals surface area contributed by atoms with E-state index in [0.717, 1.165) is 12.5 Å². The zero-order valence-electron chi connectivity index (χ0n) is 22.1. The number of halogens is 4. The molecular weight excluding hydrogens is 577 g/mol. The molecule has 0 saturated heterocycles. The topological polar surface area (TPSA) is 113 Å². The number of alkyl halides is 3. The molecule has 40 heavy (non-hydrogen) atoms. The Labute approximate surface area is 236 Å². The highest BCUT2D eigenvalue weighted by Gasteiger charge is 2.32. The molecule has 0 spiro atoms. The van der Waals surface area contributed by atoms with Gasteiger partial charge in [0.25, 0.3) is 5.91 Å². The lowest BCUT2D eigenvalue weighted by molar-refractivity contribution is -0.137. The first kappa shape index (κ1) is 33.3. The average molecular weight is 609 g/mol. The second kappa shape index (κ2) is 16.4. The van der Waals surface area contributed by atoms with Crippen molar-refractivity contribution in [3.63, 3.8) is 0 Å². The summed E-state index contributed by atoms with van der Waals surface area (Å²) in [7, 11) is -2.23. The van der Waals surface area contributed by atoms with Gasteiger partial charge in [0, 0.05) is 44.0 Å². The van der Waals surface area contributed by atoms with Gasteiger partial charge in [0.05, 0.1) is 31.1 Å². The standard InChI is InChI=1S/C26H32ClF3N2O7S/c1-3-4-5-15-40(34,35)32-24(33)10-8-19-7-9-21(38-12-6-11-37-14-13-36-2)17-23(19)39-25-22(27)16-20(18-31-25)26(28,29)30/h7-10,16-18H,3-6,11-15H2,1-2H3,(H,32,33)/b10-8+. The number of hydrogen-bond acceptors (Lipinski definition) is 8. The molecule has 14 heteroatoms. The van der Waals surface area contributed by atoms with Gasteiger partial charge in [0.1, 0.15) is 16.5 Å². The van der Waals surface area contributed by atoms with E-state index in [1.807, 2.05) is 11.6 Å². The maximum Gasteiger partial charge on any atom is 0.417 e. The number of aromatic nitrogens is 1. The third-order valence-corrected chi connectivity index (χ3v) is 6.76. The van der Waals surface area contributed by atoms with Crippen LogP contribution in [0.25, 0.3) is 6.08 Å². The van der Waals surface area contributed by atoms with Gasteiger partial charge >= 0.3 is 6.18 Å². The number of methoxy groups -OCH3 is 1. The predicted molar refractivity (Wildman–Crippen MR) is 144 cm³/mol. The average Bonchev–Trinajstić information content (AvgIpc) is 2.88. The third-order valence-electron chi connectivity index (χ3n) is 5.15. The highest BCUT2D eigenvalue weighted by Crippen LogP contribution is 2.36. The number of pyridine rings is 1. The van der Waals surface area contributed by atoms with Gasteiger partial charge in [-0.05, 0) is 30.7 Å². The van der Waals surface area contributed by atoms with Crippen molar-refractivity contribution < 1.29 is 45.3 Å². The molecule has 0 aliphatic heterocycles. The fraction of sp³-hybridized carbons (Fsp3) is 0.462. The number of sulfonamides is 1. The van der Waals surface area contributed by atoms with Crippen LogP contribution in [0, 0.1) is 0 Å². The van der Waals surface area contributed by atoms with Gasteiger partial charge in [-0.1, -0.05) is 31.4 Å². The number of carbonyl (C=O) groups excluding carboxylic acids is 1. The number of rotatable bonds is 17. The van der Waals surface area contributed by atoms with Gasteiger partial charge in [-0.2, -0.15) is 13.2 Å². The molecule has 1 amide bonds. The Morgan fingerprint density at radius 1 is 1.10 bits per heavy atom. The molecule has 9 nitrogen and oxygen atoms in total. The molecule has 1 heterocycles. The molecule has 0 saturated carbocycles. The number of amides is 1. The van der Waals surface area contributed by atoms with Crippen LogP contribution in [-0.2, 0) is 30.5 Å². The molecule has 0 unspecified atom stereocenters. The van der Waals surface area contributed by atoms with E-state index >= 15 is 0 Å². The largest absolute Gasteiger partial charge is 0.493 e. The maximum absolute atomic E-state index is 13.0. The van der Waals surface area contributed by atoms with Crippen molar-refractivity contribution in [3.05, 3.63) is 52.7 Å². The van der Waals surface area contributed by atoms with Crippen LogP contribution in [0.5, 0.6) is 17.4 Å². The number of nitrogens with one attached hydrogen (secondary N) is 1. The van der Waals surface area contributed by atoms with E-state index in [-0.39, 0.29) is 28.0 Å². The normalized spacial score (nSPS) is 12.1. The summed E-state index contributed by atoms with van der Waals surface area (Å²) in [5, 5.41) is -0.389. The summed E-state index contributed by atoms with van der Waals surface area (Å²) in [6, 6.07) is 5.23. The van der Waals surface area contributed by atoms with Crippen LogP contribution >= 0.6 is 11.6 Å². The summed E-state index contributed by atoms with van der Waals surface area (Å²) in [6.45, 7) is 3.58. The smallest absolute Gasteiger partial charge is 0.417 e. The van der Waals surface area contributed by atoms with E-state index < -0.39 is 27.7 Å². The van der Waals surface area contributed by atoms with Crippen LogP contribution in [0.4, 0.5) is 13.2 Å². The molecule has 2 aromatic rings. The zero-order chi connectivity index (χ0) is 29.6. The number of nitrogens with zero attached hydrogens (tertiary/aromatic N) is 1. The van der Waals surface area contributed by atoms with Crippen molar-refractivity contribution in [3.8, 4) is 17.4 Å². The molecular formula is C26H32ClF3N2O7S. The lowest BCUT2D eigenvalue weighted by atomic mass is 10.1. The lowest BCUT2D eigenvalue weighted by Gasteiger charge is -2.14. The van der Waals surface area contributed by atoms with Crippen molar-refractivity contribution in [2.75, 3.05) is 39.3 Å². The van der Waals surface area contributed by atoms with Gasteiger partial charge in [0.2, 0.25) is 15.9 Å². The molecule has 1 N–H and O–H groups in total. The number of carbonyl (C=O) groups is 1. The first-order valence-corrected chi connectivity index (χ1v) is 14.4. The van der Waals surface area contributed by atoms with Crippen LogP contribution in [0.15, 0.2) is 36.5 Å². The van der Waals surface area contributed by atoms with Gasteiger partial charge < -0.3 is 18.9 Å². The van der Waals surface area contributed by atoms with Gasteiger partial charge in [-0.25, -0.2) is 18.1 Å². The van der Waals surface area contributed by atoms with E-state index in [0.29, 0.717) is 63.7 Å². The first-order valence-electron chi connectivity index (χ1n) is 12.4. The van der Waals surface area contributed by atoms with Crippen molar-refractivity contribution in [2.24, 2.45) is 0 Å². The van der Waals surface area contributed by atoms with Crippen LogP contribution in [0.2, 0.25) is 5.02 Å². The highest BCUT2D eigenvalue weighted by molar-refractivity contribution is 7.90. The number of hydrogen-bond donors (Lipinski definition) is 1. The number of benzene rings is 1. The molecule has 0 atom stereocenters. The SMILES string of the molecule is CCCCCS(=O)(=O)NC(=O)/C=C/c1ccc(OCCCOCCOC)cc1Oc1ncc(C(F)(F)F)cc1Cl. The highest BCUT2D eigenvalue weighted by atomic mass is 35.5. The summed E-state index contributed by atoms with van der Waals surface area (Å²) < 4.78 is 86.8. The second-order valence-corrected chi connectivity index (χ2v) is 10.7. The van der Waals surface area contributed by atoms with Gasteiger partial charge in [-0.3, -0.25) is 4.79 Å². The minimum atomic E-state index is -4.64. The van der Waals surface area contributed by atoms with Crippen molar-refractivity contribution in [1.29, 1.82) is 0 Å². The van der Waals surface area contributed by atoms with Crippen molar-refractivity contribution >= 4 is 33.6 Å². The third kappa shape index (κ3) is 12.1. The summed E-state index contributed by atoms with van der Waals surface area (Å²) in [6.07, 6.45) is 0.749. The van der Waals surface area contributed by atoms with Crippen LogP contribution in [0.3, 0.4) is 0 Å². The number of ether oxygens (including phenoxy) is 4. The van der Waals surface area contributed by atoms with E-state index in [9.17, 15) is 26.4 Å². The van der Waals surface area contributed by atoms with Crippen molar-refractivity contribution in [1.82, 2.24) is 9.71 Å². The Kier molecular flexibility index (Phi) is 13.7. The lowest BCUT2D eigenvalue weighted by Crippen LogP contribution is -2.31.